The first-order chi connectivity index (χ1) is 14.0. The predicted octanol–water partition coefficient (Wildman–Crippen LogP) is 1.97. The van der Waals surface area contributed by atoms with Gasteiger partial charge in [0.25, 0.3) is 5.91 Å². The van der Waals surface area contributed by atoms with E-state index in [0.29, 0.717) is 0 Å². The molecule has 1 saturated heterocycles. The molecule has 0 radical (unpaired) electrons. The Hall–Kier alpha value is -2.28. The molecule has 3 rings (SSSR count). The van der Waals surface area contributed by atoms with Crippen molar-refractivity contribution < 1.29 is 24.0 Å². The summed E-state index contributed by atoms with van der Waals surface area (Å²) >= 11 is 0. The summed E-state index contributed by atoms with van der Waals surface area (Å²) in [5.41, 5.74) is 1.05. The van der Waals surface area contributed by atoms with Gasteiger partial charge in [0.05, 0.1) is 26.3 Å². The van der Waals surface area contributed by atoms with Crippen molar-refractivity contribution in [3.63, 3.8) is 0 Å². The number of carbonyl (C=O) groups is 2. The van der Waals surface area contributed by atoms with Crippen molar-refractivity contribution in [1.82, 2.24) is 10.6 Å². The first-order valence-corrected chi connectivity index (χ1v) is 10.7. The number of urea groups is 1. The van der Waals surface area contributed by atoms with Crippen LogP contribution in [0.2, 0.25) is 0 Å². The summed E-state index contributed by atoms with van der Waals surface area (Å²) in [7, 11) is 3.30. The molecular formula is C22H34N3O4+. The van der Waals surface area contributed by atoms with Gasteiger partial charge in [-0.05, 0) is 38.0 Å². The third kappa shape index (κ3) is 5.21. The Morgan fingerprint density at radius 3 is 2.52 bits per heavy atom. The van der Waals surface area contributed by atoms with Crippen molar-refractivity contribution in [3.8, 4) is 11.5 Å². The summed E-state index contributed by atoms with van der Waals surface area (Å²) < 4.78 is 10.9. The summed E-state index contributed by atoms with van der Waals surface area (Å²) in [5, 5.41) is 5.52. The number of rotatable bonds is 6. The average Bonchev–Trinajstić information content (AvgIpc) is 3.22. The molecule has 1 unspecified atom stereocenters. The monoisotopic (exact) mass is 404 g/mol. The molecule has 3 N–H and O–H groups in total. The average molecular weight is 405 g/mol. The Labute approximate surface area is 173 Å². The number of ether oxygens (including phenoxy) is 2. The van der Waals surface area contributed by atoms with Gasteiger partial charge >= 0.3 is 6.03 Å². The second kappa shape index (κ2) is 9.96. The number of likely N-dealkylation sites (tertiary alicyclic amines) is 1. The maximum absolute atomic E-state index is 12.8. The number of benzene rings is 1. The van der Waals surface area contributed by atoms with E-state index >= 15 is 0 Å². The summed E-state index contributed by atoms with van der Waals surface area (Å²) in [6.07, 6.45) is 7.47. The fourth-order valence-electron chi connectivity index (χ4n) is 4.71. The lowest BCUT2D eigenvalue weighted by Crippen LogP contribution is -3.15. The van der Waals surface area contributed by atoms with E-state index in [1.165, 1.54) is 6.42 Å². The second-order valence-electron chi connectivity index (χ2n) is 8.15. The number of carbonyl (C=O) groups excluding carboxylic acids is 2. The highest BCUT2D eigenvalue weighted by atomic mass is 16.5. The quantitative estimate of drug-likeness (QED) is 0.677. The molecule has 3 amide bonds. The van der Waals surface area contributed by atoms with Crippen LogP contribution in [0.1, 0.15) is 63.5 Å². The van der Waals surface area contributed by atoms with E-state index in [0.717, 1.165) is 67.0 Å². The molecule has 1 aromatic rings. The Kier molecular flexibility index (Phi) is 7.36. The normalized spacial score (nSPS) is 23.3. The fourth-order valence-corrected chi connectivity index (χ4v) is 4.71. The maximum Gasteiger partial charge on any atom is 0.321 e. The molecule has 2 fully saturated rings. The van der Waals surface area contributed by atoms with Crippen molar-refractivity contribution >= 4 is 11.9 Å². The number of methoxy groups -OCH3 is 2. The number of amides is 3. The number of hydrogen-bond acceptors (Lipinski definition) is 4. The molecule has 7 nitrogen and oxygen atoms in total. The smallest absolute Gasteiger partial charge is 0.321 e. The molecule has 1 heterocycles. The van der Waals surface area contributed by atoms with Crippen LogP contribution in [0.4, 0.5) is 4.79 Å². The first kappa shape index (κ1) is 21.4. The fraction of sp³-hybridized carbons (Fsp3) is 0.636. The van der Waals surface area contributed by atoms with Crippen molar-refractivity contribution in [2.24, 2.45) is 0 Å². The van der Waals surface area contributed by atoms with Crippen LogP contribution in [0.15, 0.2) is 18.2 Å². The highest BCUT2D eigenvalue weighted by Gasteiger charge is 2.39. The Morgan fingerprint density at radius 1 is 1.07 bits per heavy atom. The van der Waals surface area contributed by atoms with Gasteiger partial charge in [-0.15, -0.1) is 0 Å². The van der Waals surface area contributed by atoms with Gasteiger partial charge in [-0.1, -0.05) is 19.3 Å². The number of quaternary nitrogens is 1. The Morgan fingerprint density at radius 2 is 1.83 bits per heavy atom. The molecule has 160 valence electrons. The third-order valence-corrected chi connectivity index (χ3v) is 6.34. The number of nitrogens with one attached hydrogen (secondary N) is 3. The van der Waals surface area contributed by atoms with E-state index < -0.39 is 0 Å². The molecule has 0 bridgehead atoms. The van der Waals surface area contributed by atoms with Crippen LogP contribution >= 0.6 is 0 Å². The van der Waals surface area contributed by atoms with Gasteiger partial charge < -0.3 is 19.7 Å². The minimum Gasteiger partial charge on any atom is -0.497 e. The van der Waals surface area contributed by atoms with Gasteiger partial charge in [0, 0.05) is 18.9 Å². The van der Waals surface area contributed by atoms with Crippen molar-refractivity contribution in [2.75, 3.05) is 20.8 Å². The van der Waals surface area contributed by atoms with Crippen LogP contribution in [0, 0.1) is 0 Å². The Balaban J connectivity index is 1.65. The van der Waals surface area contributed by atoms with Crippen molar-refractivity contribution in [1.29, 1.82) is 0 Å². The van der Waals surface area contributed by atoms with Crippen LogP contribution in [0.3, 0.4) is 0 Å². The first-order valence-electron chi connectivity index (χ1n) is 10.7. The zero-order valence-corrected chi connectivity index (χ0v) is 17.8. The topological polar surface area (TPSA) is 81.1 Å². The molecule has 0 aromatic heterocycles. The minimum absolute atomic E-state index is 0.127. The van der Waals surface area contributed by atoms with Gasteiger partial charge in [0.15, 0.2) is 6.04 Å². The van der Waals surface area contributed by atoms with Crippen molar-refractivity contribution in [3.05, 3.63) is 23.8 Å². The van der Waals surface area contributed by atoms with E-state index in [-0.39, 0.29) is 30.1 Å². The molecule has 1 aliphatic heterocycles. The maximum atomic E-state index is 12.8. The van der Waals surface area contributed by atoms with Crippen LogP contribution in [0.25, 0.3) is 0 Å². The molecule has 1 saturated carbocycles. The lowest BCUT2D eigenvalue weighted by atomic mass is 9.96. The Bertz CT molecular complexity index is 718. The molecule has 2 aliphatic rings. The van der Waals surface area contributed by atoms with Gasteiger partial charge in [-0.25, -0.2) is 4.79 Å². The lowest BCUT2D eigenvalue weighted by Gasteiger charge is -2.28. The van der Waals surface area contributed by atoms with E-state index in [1.54, 1.807) is 14.2 Å². The van der Waals surface area contributed by atoms with Crippen molar-refractivity contribution in [2.45, 2.75) is 70.0 Å². The molecule has 3 atom stereocenters. The molecule has 0 spiro atoms. The van der Waals surface area contributed by atoms with Gasteiger partial charge in [-0.3, -0.25) is 10.1 Å². The summed E-state index contributed by atoms with van der Waals surface area (Å²) in [6.45, 7) is 2.77. The van der Waals surface area contributed by atoms with E-state index in [2.05, 4.69) is 10.6 Å². The molecule has 1 aliphatic carbocycles. The third-order valence-electron chi connectivity index (χ3n) is 6.34. The SMILES string of the molecule is COc1ccc(OC)c([C@H]2CCC[NH+]2[C@H](C)C(=O)NC(=O)NC2CCCCC2)c1. The summed E-state index contributed by atoms with van der Waals surface area (Å²) in [6, 6.07) is 5.38. The van der Waals surface area contributed by atoms with Crippen LogP contribution < -0.4 is 25.0 Å². The second-order valence-corrected chi connectivity index (χ2v) is 8.15. The summed E-state index contributed by atoms with van der Waals surface area (Å²) in [4.78, 5) is 26.2. The van der Waals surface area contributed by atoms with Crippen LogP contribution in [-0.4, -0.2) is 44.8 Å². The van der Waals surface area contributed by atoms with Gasteiger partial charge in [-0.2, -0.15) is 0 Å². The van der Waals surface area contributed by atoms with Gasteiger partial charge in [0.2, 0.25) is 0 Å². The number of hydrogen-bond donors (Lipinski definition) is 3. The van der Waals surface area contributed by atoms with E-state index in [9.17, 15) is 9.59 Å². The van der Waals surface area contributed by atoms with Gasteiger partial charge in [0.1, 0.15) is 17.5 Å². The predicted molar refractivity (Wildman–Crippen MR) is 110 cm³/mol. The zero-order chi connectivity index (χ0) is 20.8. The van der Waals surface area contributed by atoms with Crippen LogP contribution in [0.5, 0.6) is 11.5 Å². The zero-order valence-electron chi connectivity index (χ0n) is 17.8. The standard InChI is InChI=1S/C22H33N3O4/c1-15(21(26)24-22(27)23-16-8-5-4-6-9-16)25-13-7-10-19(25)18-14-17(28-2)11-12-20(18)29-3/h11-12,14-16,19H,4-10,13H2,1-3H3,(H2,23,24,26,27)/p+1/t15-,19-/m1/s1. The number of imide groups is 1. The largest absolute Gasteiger partial charge is 0.497 e. The molecular weight excluding hydrogens is 370 g/mol. The van der Waals surface area contributed by atoms with Crippen LogP contribution in [-0.2, 0) is 4.79 Å². The molecule has 29 heavy (non-hydrogen) atoms. The molecule has 1 aromatic carbocycles. The highest BCUT2D eigenvalue weighted by Crippen LogP contribution is 2.32. The lowest BCUT2D eigenvalue weighted by molar-refractivity contribution is -0.932. The summed E-state index contributed by atoms with van der Waals surface area (Å²) in [5.74, 6) is 1.34. The molecule has 7 heteroatoms. The minimum atomic E-state index is -0.372. The van der Waals surface area contributed by atoms with E-state index in [1.807, 2.05) is 25.1 Å². The van der Waals surface area contributed by atoms with E-state index in [4.69, 9.17) is 9.47 Å². The highest BCUT2D eigenvalue weighted by molar-refractivity contribution is 5.96.